The normalized spacial score (nSPS) is 11.5. The molecule has 0 spiro atoms. The number of pyridine rings is 2. The molecule has 0 radical (unpaired) electrons. The number of rotatable bonds is 4. The summed E-state index contributed by atoms with van der Waals surface area (Å²) >= 11 is 0. The number of anilines is 1. The van der Waals surface area contributed by atoms with Crippen molar-refractivity contribution in [2.45, 2.75) is 13.0 Å². The van der Waals surface area contributed by atoms with Crippen LogP contribution in [0.3, 0.4) is 0 Å². The molecule has 4 nitrogen and oxygen atoms in total. The molecule has 0 fully saturated rings. The summed E-state index contributed by atoms with van der Waals surface area (Å²) in [6, 6.07) is 17.1. The van der Waals surface area contributed by atoms with Crippen molar-refractivity contribution in [2.24, 2.45) is 0 Å². The molecule has 1 aromatic carbocycles. The van der Waals surface area contributed by atoms with Gasteiger partial charge >= 0.3 is 0 Å². The summed E-state index contributed by atoms with van der Waals surface area (Å²) in [5.41, 5.74) is 2.64. The van der Waals surface area contributed by atoms with Gasteiger partial charge in [0.15, 0.2) is 0 Å². The summed E-state index contributed by atoms with van der Waals surface area (Å²) in [6.07, 6.45) is 1.68. The summed E-state index contributed by atoms with van der Waals surface area (Å²) in [5.74, 6) is 0.130. The lowest BCUT2D eigenvalue weighted by Gasteiger charge is -2.20. The molecule has 0 bridgehead atoms. The molecular formula is C19H15FN4. The van der Waals surface area contributed by atoms with Crippen molar-refractivity contribution in [1.82, 2.24) is 9.97 Å². The number of nitrogens with zero attached hydrogens (tertiary/aromatic N) is 3. The van der Waals surface area contributed by atoms with Crippen LogP contribution < -0.4 is 5.32 Å². The average Bonchev–Trinajstić information content (AvgIpc) is 2.60. The van der Waals surface area contributed by atoms with Crippen molar-refractivity contribution in [3.05, 3.63) is 89.1 Å². The van der Waals surface area contributed by atoms with Crippen LogP contribution in [0.1, 0.15) is 28.6 Å². The van der Waals surface area contributed by atoms with E-state index in [1.807, 2.05) is 31.2 Å². The summed E-state index contributed by atoms with van der Waals surface area (Å²) in [6.45, 7) is 1.85. The Balaban J connectivity index is 2.07. The lowest BCUT2D eigenvalue weighted by Crippen LogP contribution is -2.16. The molecule has 5 heteroatoms. The highest BCUT2D eigenvalue weighted by Gasteiger charge is 2.18. The predicted molar refractivity (Wildman–Crippen MR) is 89.8 cm³/mol. The molecule has 3 rings (SSSR count). The Hall–Kier alpha value is -3.26. The lowest BCUT2D eigenvalue weighted by molar-refractivity contribution is 0.624. The Kier molecular flexibility index (Phi) is 4.48. The van der Waals surface area contributed by atoms with Gasteiger partial charge in [0.25, 0.3) is 0 Å². The average molecular weight is 318 g/mol. The largest absolute Gasteiger partial charge is 0.356 e. The van der Waals surface area contributed by atoms with Gasteiger partial charge in [-0.25, -0.2) is 9.37 Å². The molecule has 1 unspecified atom stereocenters. The first-order valence-electron chi connectivity index (χ1n) is 7.48. The van der Waals surface area contributed by atoms with E-state index in [1.165, 1.54) is 12.1 Å². The molecule has 2 aromatic heterocycles. The predicted octanol–water partition coefficient (Wildman–Crippen LogP) is 4.00. The fraction of sp³-hybridized carbons (Fsp3) is 0.105. The van der Waals surface area contributed by atoms with Gasteiger partial charge in [-0.3, -0.25) is 4.98 Å². The van der Waals surface area contributed by atoms with Crippen LogP contribution in [0.25, 0.3) is 0 Å². The molecule has 0 aliphatic carbocycles. The topological polar surface area (TPSA) is 61.6 Å². The second-order valence-electron chi connectivity index (χ2n) is 5.35. The minimum atomic E-state index is -0.414. The van der Waals surface area contributed by atoms with Crippen LogP contribution in [0.4, 0.5) is 10.2 Å². The van der Waals surface area contributed by atoms with Gasteiger partial charge < -0.3 is 5.32 Å². The third kappa shape index (κ3) is 3.39. The molecule has 1 N–H and O–H groups in total. The molecule has 1 atom stereocenters. The lowest BCUT2D eigenvalue weighted by atomic mass is 10.0. The van der Waals surface area contributed by atoms with Crippen molar-refractivity contribution < 1.29 is 4.39 Å². The Morgan fingerprint density at radius 1 is 1.12 bits per heavy atom. The van der Waals surface area contributed by atoms with Crippen LogP contribution >= 0.6 is 0 Å². The molecule has 2 heterocycles. The summed E-state index contributed by atoms with van der Waals surface area (Å²) in [5, 5.41) is 12.5. The van der Waals surface area contributed by atoms with Crippen LogP contribution in [-0.4, -0.2) is 9.97 Å². The van der Waals surface area contributed by atoms with Gasteiger partial charge in [0.05, 0.1) is 17.3 Å². The van der Waals surface area contributed by atoms with Crippen molar-refractivity contribution in [1.29, 1.82) is 5.26 Å². The van der Waals surface area contributed by atoms with Gasteiger partial charge in [0.1, 0.15) is 17.7 Å². The van der Waals surface area contributed by atoms with E-state index in [9.17, 15) is 9.65 Å². The molecule has 3 aromatic rings. The zero-order chi connectivity index (χ0) is 16.9. The Labute approximate surface area is 139 Å². The van der Waals surface area contributed by atoms with E-state index in [2.05, 4.69) is 21.4 Å². The number of nitriles is 1. The molecule has 24 heavy (non-hydrogen) atoms. The fourth-order valence-electron chi connectivity index (χ4n) is 2.45. The second kappa shape index (κ2) is 6.88. The van der Waals surface area contributed by atoms with Gasteiger partial charge in [-0.05, 0) is 48.9 Å². The molecule has 0 aliphatic heterocycles. The third-order valence-electron chi connectivity index (χ3n) is 3.60. The maximum absolute atomic E-state index is 13.7. The van der Waals surface area contributed by atoms with Crippen LogP contribution in [0.15, 0.2) is 60.8 Å². The van der Waals surface area contributed by atoms with E-state index in [4.69, 9.17) is 0 Å². The zero-order valence-electron chi connectivity index (χ0n) is 13.1. The van der Waals surface area contributed by atoms with Crippen molar-refractivity contribution in [2.75, 3.05) is 5.32 Å². The molecule has 0 saturated carbocycles. The molecule has 118 valence electrons. The Morgan fingerprint density at radius 2 is 2.00 bits per heavy atom. The van der Waals surface area contributed by atoms with Crippen LogP contribution in [-0.2, 0) is 0 Å². The minimum absolute atomic E-state index is 0.326. The molecular weight excluding hydrogens is 303 g/mol. The van der Waals surface area contributed by atoms with E-state index in [1.54, 1.807) is 24.4 Å². The van der Waals surface area contributed by atoms with E-state index in [0.29, 0.717) is 16.9 Å². The monoisotopic (exact) mass is 318 g/mol. The van der Waals surface area contributed by atoms with E-state index >= 15 is 0 Å². The van der Waals surface area contributed by atoms with Gasteiger partial charge in [-0.15, -0.1) is 0 Å². The van der Waals surface area contributed by atoms with Gasteiger partial charge in [-0.2, -0.15) is 5.26 Å². The number of halogens is 1. The summed E-state index contributed by atoms with van der Waals surface area (Å²) in [7, 11) is 0. The number of hydrogen-bond acceptors (Lipinski definition) is 4. The number of aryl methyl sites for hydroxylation is 1. The van der Waals surface area contributed by atoms with E-state index < -0.39 is 6.04 Å². The third-order valence-corrected chi connectivity index (χ3v) is 3.60. The highest BCUT2D eigenvalue weighted by molar-refractivity contribution is 5.55. The van der Waals surface area contributed by atoms with Crippen LogP contribution in [0.5, 0.6) is 0 Å². The number of benzene rings is 1. The Bertz CT molecular complexity index is 887. The van der Waals surface area contributed by atoms with Crippen LogP contribution in [0, 0.1) is 24.1 Å². The quantitative estimate of drug-likeness (QED) is 0.790. The maximum Gasteiger partial charge on any atom is 0.145 e. The molecule has 0 aliphatic rings. The minimum Gasteiger partial charge on any atom is -0.356 e. The van der Waals surface area contributed by atoms with Gasteiger partial charge in [0, 0.05) is 11.9 Å². The van der Waals surface area contributed by atoms with Crippen molar-refractivity contribution >= 4 is 5.82 Å². The van der Waals surface area contributed by atoms with Crippen molar-refractivity contribution in [3.63, 3.8) is 0 Å². The highest BCUT2D eigenvalue weighted by atomic mass is 19.1. The van der Waals surface area contributed by atoms with Crippen molar-refractivity contribution in [3.8, 4) is 6.07 Å². The van der Waals surface area contributed by atoms with Crippen LogP contribution in [0.2, 0.25) is 0 Å². The van der Waals surface area contributed by atoms with Gasteiger partial charge in [0.2, 0.25) is 0 Å². The zero-order valence-corrected chi connectivity index (χ0v) is 13.1. The van der Waals surface area contributed by atoms with Gasteiger partial charge in [-0.1, -0.05) is 18.2 Å². The number of hydrogen-bond donors (Lipinski definition) is 1. The first-order valence-corrected chi connectivity index (χ1v) is 7.48. The number of aromatic nitrogens is 2. The number of nitrogens with one attached hydrogen (secondary N) is 1. The second-order valence-corrected chi connectivity index (χ2v) is 5.35. The first-order chi connectivity index (χ1) is 11.7. The fourth-order valence-corrected chi connectivity index (χ4v) is 2.45. The Morgan fingerprint density at radius 3 is 2.71 bits per heavy atom. The first kappa shape index (κ1) is 15.6. The van der Waals surface area contributed by atoms with E-state index in [-0.39, 0.29) is 5.82 Å². The summed E-state index contributed by atoms with van der Waals surface area (Å²) in [4.78, 5) is 8.77. The molecule has 0 saturated heterocycles. The smallest absolute Gasteiger partial charge is 0.145 e. The molecule has 0 amide bonds. The standard InChI is InChI=1S/C19H15FN4/c1-13-8-9-15(12-21)19(23-13)24-18(17-7-2-3-10-22-17)14-5-4-6-16(20)11-14/h2-11,18H,1H3,(H,23,24). The maximum atomic E-state index is 13.7. The van der Waals surface area contributed by atoms with E-state index in [0.717, 1.165) is 11.4 Å². The highest BCUT2D eigenvalue weighted by Crippen LogP contribution is 2.26. The summed E-state index contributed by atoms with van der Waals surface area (Å²) < 4.78 is 13.7. The SMILES string of the molecule is Cc1ccc(C#N)c(NC(c2cccc(F)c2)c2ccccn2)n1.